The van der Waals surface area contributed by atoms with Crippen molar-refractivity contribution in [2.75, 3.05) is 46.4 Å². The monoisotopic (exact) mass is 257 g/mol. The van der Waals surface area contributed by atoms with Crippen molar-refractivity contribution in [2.45, 2.75) is 45.3 Å². The van der Waals surface area contributed by atoms with E-state index in [1.807, 2.05) is 0 Å². The normalized spacial score (nSPS) is 22.7. The first kappa shape index (κ1) is 15.9. The highest BCUT2D eigenvalue weighted by atomic mass is 16.5. The average molecular weight is 257 g/mol. The van der Waals surface area contributed by atoms with Gasteiger partial charge in [0.15, 0.2) is 0 Å². The van der Waals surface area contributed by atoms with Gasteiger partial charge in [-0.2, -0.15) is 0 Å². The Bertz CT molecular complexity index is 213. The van der Waals surface area contributed by atoms with E-state index in [2.05, 4.69) is 23.6 Å². The van der Waals surface area contributed by atoms with Gasteiger partial charge in [0.05, 0.1) is 6.10 Å². The molecule has 0 amide bonds. The maximum atomic E-state index is 5.71. The summed E-state index contributed by atoms with van der Waals surface area (Å²) in [6.07, 6.45) is 3.94. The number of methoxy groups -OCH3 is 1. The van der Waals surface area contributed by atoms with Crippen LogP contribution in [-0.4, -0.2) is 68.3 Å². The topological polar surface area (TPSA) is 41.7 Å². The van der Waals surface area contributed by atoms with Crippen LogP contribution in [0.5, 0.6) is 0 Å². The maximum Gasteiger partial charge on any atom is 0.0670 e. The molecule has 1 aliphatic rings. The number of nitrogens with two attached hydrogens (primary N) is 1. The molecule has 2 atom stereocenters. The number of ether oxygens (including phenoxy) is 1. The van der Waals surface area contributed by atoms with Crippen LogP contribution in [-0.2, 0) is 4.74 Å². The lowest BCUT2D eigenvalue weighted by Crippen LogP contribution is -2.40. The van der Waals surface area contributed by atoms with E-state index in [1.54, 1.807) is 7.11 Å². The molecule has 1 heterocycles. The molecule has 2 unspecified atom stereocenters. The highest BCUT2D eigenvalue weighted by molar-refractivity contribution is 4.77. The first-order valence-corrected chi connectivity index (χ1v) is 7.40. The van der Waals surface area contributed by atoms with E-state index < -0.39 is 0 Å². The smallest absolute Gasteiger partial charge is 0.0670 e. The second-order valence-electron chi connectivity index (χ2n) is 5.38. The van der Waals surface area contributed by atoms with Crippen LogP contribution < -0.4 is 5.73 Å². The Hall–Kier alpha value is -0.160. The Balaban J connectivity index is 2.39. The van der Waals surface area contributed by atoms with Gasteiger partial charge in [-0.25, -0.2) is 0 Å². The van der Waals surface area contributed by atoms with Crippen LogP contribution in [0.1, 0.15) is 33.1 Å². The van der Waals surface area contributed by atoms with E-state index in [4.69, 9.17) is 10.5 Å². The molecule has 1 fully saturated rings. The molecule has 18 heavy (non-hydrogen) atoms. The van der Waals surface area contributed by atoms with Crippen molar-refractivity contribution in [1.29, 1.82) is 0 Å². The Morgan fingerprint density at radius 1 is 1.22 bits per heavy atom. The van der Waals surface area contributed by atoms with Crippen molar-refractivity contribution in [1.82, 2.24) is 9.80 Å². The van der Waals surface area contributed by atoms with Gasteiger partial charge in [-0.15, -0.1) is 0 Å². The second-order valence-corrected chi connectivity index (χ2v) is 5.38. The molecule has 0 bridgehead atoms. The molecule has 108 valence electrons. The van der Waals surface area contributed by atoms with Gasteiger partial charge in [0.2, 0.25) is 0 Å². The lowest BCUT2D eigenvalue weighted by atomic mass is 10.1. The fraction of sp³-hybridized carbons (Fsp3) is 1.00. The zero-order valence-corrected chi connectivity index (χ0v) is 12.4. The summed E-state index contributed by atoms with van der Waals surface area (Å²) in [5.74, 6) is 0. The molecule has 1 saturated heterocycles. The van der Waals surface area contributed by atoms with E-state index in [0.717, 1.165) is 26.1 Å². The average Bonchev–Trinajstić information content (AvgIpc) is 2.61. The summed E-state index contributed by atoms with van der Waals surface area (Å²) in [7, 11) is 1.79. The third kappa shape index (κ3) is 5.22. The van der Waals surface area contributed by atoms with Crippen molar-refractivity contribution >= 4 is 0 Å². The summed E-state index contributed by atoms with van der Waals surface area (Å²) < 4.78 is 5.36. The molecule has 0 aromatic carbocycles. The Morgan fingerprint density at radius 3 is 2.61 bits per heavy atom. The fourth-order valence-corrected chi connectivity index (χ4v) is 2.81. The minimum atomic E-state index is 0.336. The molecule has 2 N–H and O–H groups in total. The molecule has 4 nitrogen and oxygen atoms in total. The van der Waals surface area contributed by atoms with E-state index in [1.165, 1.54) is 32.5 Å². The zero-order chi connectivity index (χ0) is 13.4. The van der Waals surface area contributed by atoms with Crippen molar-refractivity contribution in [3.05, 3.63) is 0 Å². The highest BCUT2D eigenvalue weighted by Gasteiger charge is 2.21. The minimum Gasteiger partial charge on any atom is -0.380 e. The Labute approximate surface area is 112 Å². The van der Waals surface area contributed by atoms with Crippen LogP contribution >= 0.6 is 0 Å². The van der Waals surface area contributed by atoms with Gasteiger partial charge in [-0.05, 0) is 45.8 Å². The standard InChI is InChI=1S/C14H31N3O/c1-4-14(6-7-15)17-9-5-8-16(10-11-17)12-13(2)18-3/h13-14H,4-12,15H2,1-3H3. The van der Waals surface area contributed by atoms with E-state index in [-0.39, 0.29) is 0 Å². The Kier molecular flexibility index (Phi) is 7.82. The molecule has 0 spiro atoms. The van der Waals surface area contributed by atoms with Crippen LogP contribution in [0.2, 0.25) is 0 Å². The predicted octanol–water partition coefficient (Wildman–Crippen LogP) is 1.16. The van der Waals surface area contributed by atoms with Crippen LogP contribution in [0.15, 0.2) is 0 Å². The van der Waals surface area contributed by atoms with E-state index in [0.29, 0.717) is 12.1 Å². The van der Waals surface area contributed by atoms with Gasteiger partial charge in [-0.1, -0.05) is 6.92 Å². The predicted molar refractivity (Wildman–Crippen MR) is 76.9 cm³/mol. The number of hydrogen-bond donors (Lipinski definition) is 1. The van der Waals surface area contributed by atoms with Gasteiger partial charge in [0.25, 0.3) is 0 Å². The molecular weight excluding hydrogens is 226 g/mol. The first-order chi connectivity index (χ1) is 8.71. The molecule has 0 radical (unpaired) electrons. The molecule has 0 aromatic rings. The van der Waals surface area contributed by atoms with Gasteiger partial charge in [-0.3, -0.25) is 9.80 Å². The first-order valence-electron chi connectivity index (χ1n) is 7.40. The van der Waals surface area contributed by atoms with Crippen LogP contribution in [0.25, 0.3) is 0 Å². The third-order valence-electron chi connectivity index (χ3n) is 4.03. The number of hydrogen-bond acceptors (Lipinski definition) is 4. The van der Waals surface area contributed by atoms with Gasteiger partial charge in [0.1, 0.15) is 0 Å². The Morgan fingerprint density at radius 2 is 2.00 bits per heavy atom. The van der Waals surface area contributed by atoms with Gasteiger partial charge < -0.3 is 10.5 Å². The van der Waals surface area contributed by atoms with Crippen molar-refractivity contribution in [3.63, 3.8) is 0 Å². The number of nitrogens with zero attached hydrogens (tertiary/aromatic N) is 2. The van der Waals surface area contributed by atoms with Crippen molar-refractivity contribution in [3.8, 4) is 0 Å². The molecule has 0 saturated carbocycles. The third-order valence-corrected chi connectivity index (χ3v) is 4.03. The van der Waals surface area contributed by atoms with Crippen molar-refractivity contribution < 1.29 is 4.74 Å². The summed E-state index contributed by atoms with van der Waals surface area (Å²) in [6, 6.07) is 0.676. The maximum absolute atomic E-state index is 5.71. The van der Waals surface area contributed by atoms with E-state index in [9.17, 15) is 0 Å². The SMILES string of the molecule is CCC(CCN)N1CCCN(CC(C)OC)CC1. The summed E-state index contributed by atoms with van der Waals surface area (Å²) in [4.78, 5) is 5.16. The molecule has 0 aromatic heterocycles. The highest BCUT2D eigenvalue weighted by Crippen LogP contribution is 2.12. The molecule has 0 aliphatic carbocycles. The largest absolute Gasteiger partial charge is 0.380 e. The minimum absolute atomic E-state index is 0.336. The number of rotatable bonds is 7. The lowest BCUT2D eigenvalue weighted by Gasteiger charge is -2.30. The van der Waals surface area contributed by atoms with Crippen LogP contribution in [0.4, 0.5) is 0 Å². The second kappa shape index (κ2) is 8.86. The van der Waals surface area contributed by atoms with Gasteiger partial charge >= 0.3 is 0 Å². The summed E-state index contributed by atoms with van der Waals surface area (Å²) in [5.41, 5.74) is 5.71. The zero-order valence-electron chi connectivity index (χ0n) is 12.4. The van der Waals surface area contributed by atoms with E-state index >= 15 is 0 Å². The molecule has 1 aliphatic heterocycles. The van der Waals surface area contributed by atoms with Crippen molar-refractivity contribution in [2.24, 2.45) is 5.73 Å². The fourth-order valence-electron chi connectivity index (χ4n) is 2.81. The quantitative estimate of drug-likeness (QED) is 0.743. The molecule has 4 heteroatoms. The summed E-state index contributed by atoms with van der Waals surface area (Å²) in [6.45, 7) is 11.0. The lowest BCUT2D eigenvalue weighted by molar-refractivity contribution is 0.0773. The summed E-state index contributed by atoms with van der Waals surface area (Å²) >= 11 is 0. The molecular formula is C14H31N3O. The van der Waals surface area contributed by atoms with Gasteiger partial charge in [0, 0.05) is 32.8 Å². The molecule has 1 rings (SSSR count). The van der Waals surface area contributed by atoms with Crippen LogP contribution in [0.3, 0.4) is 0 Å². The van der Waals surface area contributed by atoms with Crippen LogP contribution in [0, 0.1) is 0 Å². The summed E-state index contributed by atoms with van der Waals surface area (Å²) in [5, 5.41) is 0.